The molecule has 0 atom stereocenters. The van der Waals surface area contributed by atoms with Gasteiger partial charge in [-0.2, -0.15) is 5.10 Å². The van der Waals surface area contributed by atoms with Gasteiger partial charge >= 0.3 is 0 Å². The summed E-state index contributed by atoms with van der Waals surface area (Å²) in [5, 5.41) is 9.05. The highest BCUT2D eigenvalue weighted by Gasteiger charge is 2.35. The van der Waals surface area contributed by atoms with Gasteiger partial charge in [-0.05, 0) is 42.5 Å². The minimum absolute atomic E-state index is 0.148. The first kappa shape index (κ1) is 15.6. The molecule has 0 spiro atoms. The molecule has 122 valence electrons. The quantitative estimate of drug-likeness (QED) is 0.816. The van der Waals surface area contributed by atoms with Crippen molar-refractivity contribution in [2.75, 3.05) is 14.2 Å². The van der Waals surface area contributed by atoms with Gasteiger partial charge < -0.3 is 9.57 Å². The normalized spacial score (nSPS) is 17.9. The third-order valence-electron chi connectivity index (χ3n) is 4.31. The van der Waals surface area contributed by atoms with Crippen molar-refractivity contribution >= 4 is 5.71 Å². The van der Waals surface area contributed by atoms with Gasteiger partial charge in [0.05, 0.1) is 12.8 Å². The summed E-state index contributed by atoms with van der Waals surface area (Å²) >= 11 is 0. The highest BCUT2D eigenvalue weighted by Crippen LogP contribution is 2.39. The van der Waals surface area contributed by atoms with Crippen molar-refractivity contribution in [1.82, 2.24) is 9.78 Å². The molecule has 1 aromatic heterocycles. The van der Waals surface area contributed by atoms with Crippen LogP contribution in [0.1, 0.15) is 31.5 Å². The second-order valence-corrected chi connectivity index (χ2v) is 6.76. The minimum atomic E-state index is 0.148. The van der Waals surface area contributed by atoms with Crippen molar-refractivity contribution in [2.24, 2.45) is 17.6 Å². The lowest BCUT2D eigenvalue weighted by Gasteiger charge is -2.30. The molecule has 0 aliphatic heterocycles. The average molecular weight is 313 g/mol. The van der Waals surface area contributed by atoms with Crippen molar-refractivity contribution in [3.63, 3.8) is 0 Å². The maximum absolute atomic E-state index is 5.24. The van der Waals surface area contributed by atoms with Crippen molar-refractivity contribution in [2.45, 2.75) is 26.7 Å². The van der Waals surface area contributed by atoms with Crippen LogP contribution in [0.25, 0.3) is 11.3 Å². The zero-order valence-corrected chi connectivity index (χ0v) is 14.4. The molecule has 0 N–H and O–H groups in total. The Morgan fingerprint density at radius 3 is 2.43 bits per heavy atom. The Hall–Kier alpha value is -2.30. The van der Waals surface area contributed by atoms with Crippen LogP contribution < -0.4 is 4.74 Å². The van der Waals surface area contributed by atoms with Crippen LogP contribution in [0.3, 0.4) is 0 Å². The number of aromatic nitrogens is 2. The summed E-state index contributed by atoms with van der Waals surface area (Å²) in [4.78, 5) is 5.10. The molecule has 2 aromatic rings. The predicted molar refractivity (Wildman–Crippen MR) is 90.8 cm³/mol. The Morgan fingerprint density at radius 2 is 1.83 bits per heavy atom. The van der Waals surface area contributed by atoms with E-state index in [9.17, 15) is 0 Å². The van der Waals surface area contributed by atoms with Gasteiger partial charge in [-0.25, -0.2) is 0 Å². The number of oxime groups is 1. The molecule has 1 heterocycles. The molecule has 0 saturated carbocycles. The second kappa shape index (κ2) is 5.72. The number of hydrogen-bond acceptors (Lipinski definition) is 4. The van der Waals surface area contributed by atoms with Crippen LogP contribution in [-0.2, 0) is 18.3 Å². The second-order valence-electron chi connectivity index (χ2n) is 6.76. The van der Waals surface area contributed by atoms with Crippen molar-refractivity contribution in [3.05, 3.63) is 35.5 Å². The molecule has 0 bridgehead atoms. The van der Waals surface area contributed by atoms with E-state index in [0.717, 1.165) is 41.1 Å². The van der Waals surface area contributed by atoms with E-state index in [-0.39, 0.29) is 5.41 Å². The zero-order valence-electron chi connectivity index (χ0n) is 14.4. The molecule has 0 radical (unpaired) electrons. The van der Waals surface area contributed by atoms with Gasteiger partial charge in [-0.1, -0.05) is 19.0 Å². The summed E-state index contributed by atoms with van der Waals surface area (Å²) in [6.07, 6.45) is 1.85. The maximum Gasteiger partial charge on any atom is 0.118 e. The van der Waals surface area contributed by atoms with Gasteiger partial charge in [-0.3, -0.25) is 4.68 Å². The van der Waals surface area contributed by atoms with Gasteiger partial charge in [0, 0.05) is 23.9 Å². The Labute approximate surface area is 136 Å². The maximum atomic E-state index is 5.24. The molecular weight excluding hydrogens is 290 g/mol. The van der Waals surface area contributed by atoms with Crippen molar-refractivity contribution in [1.29, 1.82) is 0 Å². The summed E-state index contributed by atoms with van der Waals surface area (Å²) in [7, 11) is 5.26. The monoisotopic (exact) mass is 313 g/mol. The summed E-state index contributed by atoms with van der Waals surface area (Å²) in [5.41, 5.74) is 5.46. The molecule has 0 fully saturated rings. The van der Waals surface area contributed by atoms with Crippen LogP contribution in [0.4, 0.5) is 0 Å². The molecule has 0 amide bonds. The van der Waals surface area contributed by atoms with Crippen LogP contribution in [0.15, 0.2) is 29.4 Å². The summed E-state index contributed by atoms with van der Waals surface area (Å²) in [6, 6.07) is 7.98. The van der Waals surface area contributed by atoms with E-state index in [2.05, 4.69) is 19.0 Å². The predicted octanol–water partition coefficient (Wildman–Crippen LogP) is 3.42. The van der Waals surface area contributed by atoms with E-state index in [1.807, 2.05) is 36.0 Å². The van der Waals surface area contributed by atoms with E-state index >= 15 is 0 Å². The molecule has 1 aliphatic rings. The van der Waals surface area contributed by atoms with Gasteiger partial charge in [0.1, 0.15) is 18.6 Å². The SMILES string of the molecule is CO/N=C1\CC(C)(C)Cc2c1c(-c1ccc(OC)cc1)nn2C. The van der Waals surface area contributed by atoms with E-state index in [4.69, 9.17) is 14.7 Å². The molecule has 5 heteroatoms. The number of rotatable bonds is 3. The molecule has 0 unspecified atom stereocenters. The first-order valence-electron chi connectivity index (χ1n) is 7.76. The summed E-state index contributed by atoms with van der Waals surface area (Å²) in [5.74, 6) is 0.838. The fraction of sp³-hybridized carbons (Fsp3) is 0.444. The Bertz CT molecular complexity index is 742. The number of benzene rings is 1. The number of methoxy groups -OCH3 is 1. The van der Waals surface area contributed by atoms with E-state index < -0.39 is 0 Å². The lowest BCUT2D eigenvalue weighted by molar-refractivity contribution is 0.210. The zero-order chi connectivity index (χ0) is 16.6. The number of nitrogens with zero attached hydrogens (tertiary/aromatic N) is 3. The fourth-order valence-electron chi connectivity index (χ4n) is 3.26. The van der Waals surface area contributed by atoms with Crippen LogP contribution in [0, 0.1) is 5.41 Å². The fourth-order valence-corrected chi connectivity index (χ4v) is 3.26. The van der Waals surface area contributed by atoms with Crippen LogP contribution in [0.5, 0.6) is 5.75 Å². The van der Waals surface area contributed by atoms with Crippen molar-refractivity contribution < 1.29 is 9.57 Å². The number of hydrogen-bond donors (Lipinski definition) is 0. The van der Waals surface area contributed by atoms with E-state index in [0.29, 0.717) is 0 Å². The Balaban J connectivity index is 2.15. The standard InChI is InChI=1S/C18H23N3O2/c1-18(2)10-14(20-23-5)16-15(11-18)21(3)19-17(16)12-6-8-13(22-4)9-7-12/h6-9H,10-11H2,1-5H3/b20-14+. The van der Waals surface area contributed by atoms with Gasteiger partial charge in [0.2, 0.25) is 0 Å². The van der Waals surface area contributed by atoms with Gasteiger partial charge in [0.15, 0.2) is 0 Å². The van der Waals surface area contributed by atoms with E-state index in [1.54, 1.807) is 14.2 Å². The van der Waals surface area contributed by atoms with E-state index in [1.165, 1.54) is 5.69 Å². The summed E-state index contributed by atoms with van der Waals surface area (Å²) < 4.78 is 7.21. The smallest absolute Gasteiger partial charge is 0.118 e. The first-order chi connectivity index (χ1) is 10.9. The lowest BCUT2D eigenvalue weighted by Crippen LogP contribution is -2.28. The number of fused-ring (bicyclic) bond motifs is 1. The van der Waals surface area contributed by atoms with Gasteiger partial charge in [-0.15, -0.1) is 0 Å². The highest BCUT2D eigenvalue weighted by molar-refractivity contribution is 6.07. The molecule has 5 nitrogen and oxygen atoms in total. The third kappa shape index (κ3) is 2.83. The molecule has 3 rings (SSSR count). The third-order valence-corrected chi connectivity index (χ3v) is 4.31. The molecule has 0 saturated heterocycles. The lowest BCUT2D eigenvalue weighted by atomic mass is 9.75. The molecular formula is C18H23N3O2. The largest absolute Gasteiger partial charge is 0.497 e. The van der Waals surface area contributed by atoms with Crippen LogP contribution >= 0.6 is 0 Å². The van der Waals surface area contributed by atoms with Gasteiger partial charge in [0.25, 0.3) is 0 Å². The first-order valence-corrected chi connectivity index (χ1v) is 7.76. The molecule has 1 aliphatic carbocycles. The van der Waals surface area contributed by atoms with Crippen LogP contribution in [-0.4, -0.2) is 29.7 Å². The number of aryl methyl sites for hydroxylation is 1. The molecule has 1 aromatic carbocycles. The Morgan fingerprint density at radius 1 is 1.13 bits per heavy atom. The average Bonchev–Trinajstić information content (AvgIpc) is 2.83. The van der Waals surface area contributed by atoms with Crippen molar-refractivity contribution in [3.8, 4) is 17.0 Å². The number of ether oxygens (including phenoxy) is 1. The minimum Gasteiger partial charge on any atom is -0.497 e. The topological polar surface area (TPSA) is 48.6 Å². The molecule has 23 heavy (non-hydrogen) atoms. The highest BCUT2D eigenvalue weighted by atomic mass is 16.6. The Kier molecular flexibility index (Phi) is 3.88. The van der Waals surface area contributed by atoms with Crippen LogP contribution in [0.2, 0.25) is 0 Å². The summed E-state index contributed by atoms with van der Waals surface area (Å²) in [6.45, 7) is 4.50.